The SMILES string of the molecule is CC(C)N(CCCC(=O)O)CC1CCC2(CCCCC2)O1. The van der Waals surface area contributed by atoms with Gasteiger partial charge in [0.25, 0.3) is 0 Å². The van der Waals surface area contributed by atoms with E-state index in [0.29, 0.717) is 12.1 Å². The number of hydrogen-bond acceptors (Lipinski definition) is 3. The van der Waals surface area contributed by atoms with Gasteiger partial charge >= 0.3 is 5.97 Å². The molecule has 0 radical (unpaired) electrons. The van der Waals surface area contributed by atoms with Gasteiger partial charge in [0, 0.05) is 19.0 Å². The summed E-state index contributed by atoms with van der Waals surface area (Å²) in [6.07, 6.45) is 10.2. The summed E-state index contributed by atoms with van der Waals surface area (Å²) in [6, 6.07) is 0.449. The van der Waals surface area contributed by atoms with Crippen LogP contribution in [-0.4, -0.2) is 46.8 Å². The summed E-state index contributed by atoms with van der Waals surface area (Å²) in [4.78, 5) is 13.0. The number of nitrogens with zero attached hydrogens (tertiary/aromatic N) is 1. The molecule has 1 saturated heterocycles. The molecule has 0 bridgehead atoms. The summed E-state index contributed by atoms with van der Waals surface area (Å²) in [5.41, 5.74) is 0.187. The van der Waals surface area contributed by atoms with Gasteiger partial charge in [0.05, 0.1) is 11.7 Å². The molecule has 1 saturated carbocycles. The number of carboxylic acids is 1. The van der Waals surface area contributed by atoms with Crippen LogP contribution in [0.2, 0.25) is 0 Å². The molecule has 1 N–H and O–H groups in total. The van der Waals surface area contributed by atoms with E-state index in [4.69, 9.17) is 9.84 Å². The van der Waals surface area contributed by atoms with Crippen LogP contribution in [0.5, 0.6) is 0 Å². The maximum absolute atomic E-state index is 10.7. The first-order valence-electron chi connectivity index (χ1n) is 8.64. The minimum absolute atomic E-state index is 0.187. The standard InChI is InChI=1S/C17H31NO3/c1-14(2)18(12-6-7-16(19)20)13-15-8-11-17(21-15)9-4-3-5-10-17/h14-15H,3-13H2,1-2H3,(H,19,20). The molecule has 1 heterocycles. The topological polar surface area (TPSA) is 49.8 Å². The van der Waals surface area contributed by atoms with Crippen molar-refractivity contribution in [2.45, 2.75) is 89.4 Å². The molecule has 0 aromatic carbocycles. The maximum Gasteiger partial charge on any atom is 0.303 e. The van der Waals surface area contributed by atoms with Crippen molar-refractivity contribution in [2.24, 2.45) is 0 Å². The molecule has 1 unspecified atom stereocenters. The number of rotatable bonds is 7. The molecule has 1 aliphatic carbocycles. The molecular weight excluding hydrogens is 266 g/mol. The smallest absolute Gasteiger partial charge is 0.303 e. The Kier molecular flexibility index (Phi) is 6.06. The van der Waals surface area contributed by atoms with Crippen LogP contribution in [0.3, 0.4) is 0 Å². The third-order valence-electron chi connectivity index (χ3n) is 5.11. The van der Waals surface area contributed by atoms with E-state index in [1.54, 1.807) is 0 Å². The van der Waals surface area contributed by atoms with Crippen LogP contribution in [0.15, 0.2) is 0 Å². The van der Waals surface area contributed by atoms with Gasteiger partial charge in [0.2, 0.25) is 0 Å². The van der Waals surface area contributed by atoms with Crippen LogP contribution in [0.1, 0.15) is 71.6 Å². The van der Waals surface area contributed by atoms with E-state index in [1.807, 2.05) is 0 Å². The molecule has 1 atom stereocenters. The summed E-state index contributed by atoms with van der Waals surface area (Å²) in [5, 5.41) is 8.77. The Morgan fingerprint density at radius 1 is 1.29 bits per heavy atom. The van der Waals surface area contributed by atoms with Gasteiger partial charge in [-0.15, -0.1) is 0 Å². The number of carboxylic acid groups (broad SMARTS) is 1. The lowest BCUT2D eigenvalue weighted by atomic mass is 9.83. The monoisotopic (exact) mass is 297 g/mol. The predicted molar refractivity (Wildman–Crippen MR) is 83.5 cm³/mol. The summed E-state index contributed by atoms with van der Waals surface area (Å²) in [5.74, 6) is -0.697. The summed E-state index contributed by atoms with van der Waals surface area (Å²) in [7, 11) is 0. The van der Waals surface area contributed by atoms with Crippen LogP contribution in [-0.2, 0) is 9.53 Å². The van der Waals surface area contributed by atoms with Crippen LogP contribution in [0.25, 0.3) is 0 Å². The maximum atomic E-state index is 10.7. The highest BCUT2D eigenvalue weighted by atomic mass is 16.5. The molecule has 21 heavy (non-hydrogen) atoms. The third kappa shape index (κ3) is 4.96. The van der Waals surface area contributed by atoms with Gasteiger partial charge in [0.1, 0.15) is 0 Å². The second kappa shape index (κ2) is 7.59. The average Bonchev–Trinajstić information content (AvgIpc) is 2.80. The Balaban J connectivity index is 1.79. The largest absolute Gasteiger partial charge is 0.481 e. The fourth-order valence-corrected chi connectivity index (χ4v) is 3.84. The molecule has 1 spiro atoms. The Hall–Kier alpha value is -0.610. The third-order valence-corrected chi connectivity index (χ3v) is 5.11. The lowest BCUT2D eigenvalue weighted by Crippen LogP contribution is -2.40. The van der Waals surface area contributed by atoms with E-state index in [9.17, 15) is 4.79 Å². The zero-order valence-electron chi connectivity index (χ0n) is 13.6. The summed E-state index contributed by atoms with van der Waals surface area (Å²) < 4.78 is 6.44. The zero-order valence-corrected chi connectivity index (χ0v) is 13.6. The van der Waals surface area contributed by atoms with Crippen molar-refractivity contribution in [3.05, 3.63) is 0 Å². The molecule has 1 aliphatic heterocycles. The van der Waals surface area contributed by atoms with Gasteiger partial charge < -0.3 is 9.84 Å². The highest BCUT2D eigenvalue weighted by Crippen LogP contribution is 2.42. The van der Waals surface area contributed by atoms with Crippen molar-refractivity contribution in [1.29, 1.82) is 0 Å². The molecule has 4 nitrogen and oxygen atoms in total. The van der Waals surface area contributed by atoms with Crippen molar-refractivity contribution < 1.29 is 14.6 Å². The van der Waals surface area contributed by atoms with Crippen molar-refractivity contribution in [3.8, 4) is 0 Å². The number of hydrogen-bond donors (Lipinski definition) is 1. The van der Waals surface area contributed by atoms with Gasteiger partial charge in [-0.05, 0) is 52.5 Å². The quantitative estimate of drug-likeness (QED) is 0.782. The minimum atomic E-state index is -0.697. The normalized spacial score (nSPS) is 25.0. The van der Waals surface area contributed by atoms with Crippen molar-refractivity contribution in [3.63, 3.8) is 0 Å². The second-order valence-corrected chi connectivity index (χ2v) is 7.11. The molecule has 0 aromatic heterocycles. The van der Waals surface area contributed by atoms with Gasteiger partial charge in [-0.3, -0.25) is 9.69 Å². The first-order chi connectivity index (χ1) is 10.0. The second-order valence-electron chi connectivity index (χ2n) is 7.11. The highest BCUT2D eigenvalue weighted by molar-refractivity contribution is 5.66. The van der Waals surface area contributed by atoms with Crippen molar-refractivity contribution >= 4 is 5.97 Å². The lowest BCUT2D eigenvalue weighted by Gasteiger charge is -2.35. The van der Waals surface area contributed by atoms with E-state index in [-0.39, 0.29) is 12.0 Å². The van der Waals surface area contributed by atoms with E-state index >= 15 is 0 Å². The van der Waals surface area contributed by atoms with E-state index in [0.717, 1.165) is 19.5 Å². The molecular formula is C17H31NO3. The number of carbonyl (C=O) groups is 1. The molecule has 2 rings (SSSR count). The van der Waals surface area contributed by atoms with Gasteiger partial charge in [-0.1, -0.05) is 19.3 Å². The Morgan fingerprint density at radius 3 is 2.62 bits per heavy atom. The van der Waals surface area contributed by atoms with Crippen LogP contribution >= 0.6 is 0 Å². The predicted octanol–water partition coefficient (Wildman–Crippen LogP) is 3.44. The Bertz CT molecular complexity index is 337. The highest BCUT2D eigenvalue weighted by Gasteiger charge is 2.41. The number of ether oxygens (including phenoxy) is 1. The molecule has 122 valence electrons. The molecule has 0 amide bonds. The minimum Gasteiger partial charge on any atom is -0.481 e. The zero-order chi connectivity index (χ0) is 15.3. The average molecular weight is 297 g/mol. The van der Waals surface area contributed by atoms with Crippen molar-refractivity contribution in [1.82, 2.24) is 4.90 Å². The molecule has 4 heteroatoms. The summed E-state index contributed by atoms with van der Waals surface area (Å²) >= 11 is 0. The summed E-state index contributed by atoms with van der Waals surface area (Å²) in [6.45, 7) is 6.19. The van der Waals surface area contributed by atoms with Crippen LogP contribution in [0.4, 0.5) is 0 Å². The Morgan fingerprint density at radius 2 is 2.00 bits per heavy atom. The lowest BCUT2D eigenvalue weighted by molar-refractivity contribution is -0.137. The van der Waals surface area contributed by atoms with Gasteiger partial charge in [0.15, 0.2) is 0 Å². The van der Waals surface area contributed by atoms with Crippen LogP contribution in [0, 0.1) is 0 Å². The van der Waals surface area contributed by atoms with E-state index in [2.05, 4.69) is 18.7 Å². The molecule has 0 aromatic rings. The fraction of sp³-hybridized carbons (Fsp3) is 0.941. The van der Waals surface area contributed by atoms with Crippen molar-refractivity contribution in [2.75, 3.05) is 13.1 Å². The Labute approximate surface area is 128 Å². The first kappa shape index (κ1) is 16.8. The van der Waals surface area contributed by atoms with E-state index < -0.39 is 5.97 Å². The van der Waals surface area contributed by atoms with Gasteiger partial charge in [-0.2, -0.15) is 0 Å². The number of aliphatic carboxylic acids is 1. The van der Waals surface area contributed by atoms with Crippen LogP contribution < -0.4 is 0 Å². The molecule has 2 aliphatic rings. The fourth-order valence-electron chi connectivity index (χ4n) is 3.84. The van der Waals surface area contributed by atoms with Gasteiger partial charge in [-0.25, -0.2) is 0 Å². The first-order valence-corrected chi connectivity index (χ1v) is 8.64. The molecule has 2 fully saturated rings. The van der Waals surface area contributed by atoms with E-state index in [1.165, 1.54) is 44.9 Å².